The third-order valence-corrected chi connectivity index (χ3v) is 2.71. The summed E-state index contributed by atoms with van der Waals surface area (Å²) >= 11 is 0. The third-order valence-electron chi connectivity index (χ3n) is 2.71. The molecule has 0 aromatic carbocycles. The first-order valence-electron chi connectivity index (χ1n) is 4.94. The third kappa shape index (κ3) is 3.84. The van der Waals surface area contributed by atoms with Gasteiger partial charge in [0.25, 0.3) is 0 Å². The summed E-state index contributed by atoms with van der Waals surface area (Å²) in [4.78, 5) is 0. The van der Waals surface area contributed by atoms with Crippen LogP contribution in [-0.4, -0.2) is 30.5 Å². The molecule has 0 aliphatic heterocycles. The van der Waals surface area contributed by atoms with Crippen molar-refractivity contribution < 1.29 is 18.3 Å². The lowest BCUT2D eigenvalue weighted by Crippen LogP contribution is -2.44. The standard InChI is InChI=1S/C9H16F3NO/c10-9(11,12)6-13-8-4-2-1-3-7(8)5-14/h7-8,13-14H,1-6H2. The number of halogens is 3. The highest BCUT2D eigenvalue weighted by molar-refractivity contribution is 4.81. The van der Waals surface area contributed by atoms with E-state index in [4.69, 9.17) is 5.11 Å². The molecule has 0 saturated heterocycles. The van der Waals surface area contributed by atoms with E-state index in [1.54, 1.807) is 0 Å². The number of hydrogen-bond donors (Lipinski definition) is 2. The van der Waals surface area contributed by atoms with Crippen LogP contribution in [0.15, 0.2) is 0 Å². The zero-order valence-corrected chi connectivity index (χ0v) is 7.98. The number of hydrogen-bond acceptors (Lipinski definition) is 2. The molecule has 2 atom stereocenters. The number of rotatable bonds is 3. The van der Waals surface area contributed by atoms with Crippen molar-refractivity contribution in [2.45, 2.75) is 37.9 Å². The van der Waals surface area contributed by atoms with Gasteiger partial charge in [-0.1, -0.05) is 12.8 Å². The van der Waals surface area contributed by atoms with E-state index in [-0.39, 0.29) is 18.6 Å². The first kappa shape index (κ1) is 11.8. The highest BCUT2D eigenvalue weighted by atomic mass is 19.4. The Balaban J connectivity index is 2.33. The van der Waals surface area contributed by atoms with Gasteiger partial charge in [0.05, 0.1) is 6.54 Å². The minimum atomic E-state index is -4.16. The SMILES string of the molecule is OCC1CCCCC1NCC(F)(F)F. The summed E-state index contributed by atoms with van der Waals surface area (Å²) in [7, 11) is 0. The van der Waals surface area contributed by atoms with Crippen LogP contribution in [0.25, 0.3) is 0 Å². The average molecular weight is 211 g/mol. The second-order valence-corrected chi connectivity index (χ2v) is 3.83. The van der Waals surface area contributed by atoms with Gasteiger partial charge in [0.1, 0.15) is 0 Å². The molecule has 2 N–H and O–H groups in total. The van der Waals surface area contributed by atoms with Crippen LogP contribution in [-0.2, 0) is 0 Å². The molecule has 0 heterocycles. The van der Waals surface area contributed by atoms with Crippen molar-refractivity contribution in [1.29, 1.82) is 0 Å². The molecule has 1 rings (SSSR count). The Bertz CT molecular complexity index is 172. The molecular formula is C9H16F3NO. The van der Waals surface area contributed by atoms with Gasteiger partial charge in [0, 0.05) is 12.6 Å². The minimum Gasteiger partial charge on any atom is -0.396 e. The molecule has 0 aromatic heterocycles. The zero-order valence-electron chi connectivity index (χ0n) is 7.98. The first-order chi connectivity index (χ1) is 6.53. The molecule has 1 aliphatic rings. The summed E-state index contributed by atoms with van der Waals surface area (Å²) in [5, 5.41) is 11.4. The largest absolute Gasteiger partial charge is 0.401 e. The Kier molecular flexibility index (Phi) is 4.19. The molecule has 0 amide bonds. The monoisotopic (exact) mass is 211 g/mol. The fourth-order valence-corrected chi connectivity index (χ4v) is 1.94. The summed E-state index contributed by atoms with van der Waals surface area (Å²) in [5.74, 6) is -0.00824. The van der Waals surface area contributed by atoms with E-state index in [1.165, 1.54) is 0 Å². The van der Waals surface area contributed by atoms with Crippen molar-refractivity contribution in [1.82, 2.24) is 5.32 Å². The fraction of sp³-hybridized carbons (Fsp3) is 1.00. The molecule has 14 heavy (non-hydrogen) atoms. The lowest BCUT2D eigenvalue weighted by Gasteiger charge is -2.31. The van der Waals surface area contributed by atoms with Crippen LogP contribution >= 0.6 is 0 Å². The Labute approximate surface area is 81.5 Å². The molecule has 0 aromatic rings. The molecule has 2 unspecified atom stereocenters. The highest BCUT2D eigenvalue weighted by Crippen LogP contribution is 2.24. The van der Waals surface area contributed by atoms with Gasteiger partial charge in [-0.25, -0.2) is 0 Å². The Morgan fingerprint density at radius 3 is 2.43 bits per heavy atom. The molecule has 2 nitrogen and oxygen atoms in total. The van der Waals surface area contributed by atoms with Gasteiger partial charge >= 0.3 is 6.18 Å². The Morgan fingerprint density at radius 1 is 1.21 bits per heavy atom. The maximum Gasteiger partial charge on any atom is 0.401 e. The summed E-state index contributed by atoms with van der Waals surface area (Å²) in [6.45, 7) is -0.969. The number of aliphatic hydroxyl groups excluding tert-OH is 1. The second-order valence-electron chi connectivity index (χ2n) is 3.83. The molecule has 0 spiro atoms. The molecule has 1 aliphatic carbocycles. The van der Waals surface area contributed by atoms with E-state index in [1.807, 2.05) is 0 Å². The van der Waals surface area contributed by atoms with Crippen LogP contribution in [0.3, 0.4) is 0 Å². The predicted molar refractivity (Wildman–Crippen MR) is 46.9 cm³/mol. The molecule has 1 saturated carbocycles. The van der Waals surface area contributed by atoms with E-state index in [9.17, 15) is 13.2 Å². The van der Waals surface area contributed by atoms with Crippen molar-refractivity contribution in [3.63, 3.8) is 0 Å². The molecule has 0 bridgehead atoms. The average Bonchev–Trinajstić information content (AvgIpc) is 2.14. The summed E-state index contributed by atoms with van der Waals surface area (Å²) < 4.78 is 35.7. The van der Waals surface area contributed by atoms with E-state index >= 15 is 0 Å². The summed E-state index contributed by atoms with van der Waals surface area (Å²) in [6.07, 6.45) is -0.633. The van der Waals surface area contributed by atoms with Crippen molar-refractivity contribution in [2.75, 3.05) is 13.2 Å². The molecule has 1 fully saturated rings. The predicted octanol–water partition coefficient (Wildman–Crippen LogP) is 1.69. The number of aliphatic hydroxyl groups is 1. The van der Waals surface area contributed by atoms with Gasteiger partial charge in [-0.05, 0) is 18.8 Å². The fourth-order valence-electron chi connectivity index (χ4n) is 1.94. The normalized spacial score (nSPS) is 29.1. The topological polar surface area (TPSA) is 32.3 Å². The van der Waals surface area contributed by atoms with Crippen molar-refractivity contribution in [3.05, 3.63) is 0 Å². The van der Waals surface area contributed by atoms with Crippen LogP contribution in [0, 0.1) is 5.92 Å². The zero-order chi connectivity index (χ0) is 10.6. The maximum atomic E-state index is 11.9. The van der Waals surface area contributed by atoms with E-state index < -0.39 is 12.7 Å². The van der Waals surface area contributed by atoms with Gasteiger partial charge in [0.2, 0.25) is 0 Å². The minimum absolute atomic E-state index is 0.00824. The second kappa shape index (κ2) is 4.98. The highest BCUT2D eigenvalue weighted by Gasteiger charge is 2.31. The van der Waals surface area contributed by atoms with Crippen molar-refractivity contribution in [3.8, 4) is 0 Å². The van der Waals surface area contributed by atoms with Gasteiger partial charge in [0.15, 0.2) is 0 Å². The summed E-state index contributed by atoms with van der Waals surface area (Å²) in [6, 6.07) is -0.171. The van der Waals surface area contributed by atoms with Gasteiger partial charge < -0.3 is 10.4 Å². The van der Waals surface area contributed by atoms with E-state index in [0.717, 1.165) is 25.7 Å². The van der Waals surface area contributed by atoms with Crippen molar-refractivity contribution in [2.24, 2.45) is 5.92 Å². The van der Waals surface area contributed by atoms with Crippen LogP contribution in [0.4, 0.5) is 13.2 Å². The smallest absolute Gasteiger partial charge is 0.396 e. The van der Waals surface area contributed by atoms with Crippen LogP contribution in [0.5, 0.6) is 0 Å². The quantitative estimate of drug-likeness (QED) is 0.744. The Morgan fingerprint density at radius 2 is 1.86 bits per heavy atom. The van der Waals surface area contributed by atoms with Crippen LogP contribution in [0.2, 0.25) is 0 Å². The summed E-state index contributed by atoms with van der Waals surface area (Å²) in [5.41, 5.74) is 0. The lowest BCUT2D eigenvalue weighted by molar-refractivity contribution is -0.127. The maximum absolute atomic E-state index is 11.9. The first-order valence-corrected chi connectivity index (χ1v) is 4.94. The van der Waals surface area contributed by atoms with Crippen LogP contribution < -0.4 is 5.32 Å². The molecular weight excluding hydrogens is 195 g/mol. The van der Waals surface area contributed by atoms with Crippen LogP contribution in [0.1, 0.15) is 25.7 Å². The van der Waals surface area contributed by atoms with E-state index in [2.05, 4.69) is 5.32 Å². The Hall–Kier alpha value is -0.290. The number of nitrogens with one attached hydrogen (secondary N) is 1. The number of alkyl halides is 3. The van der Waals surface area contributed by atoms with Gasteiger partial charge in [-0.2, -0.15) is 13.2 Å². The van der Waals surface area contributed by atoms with E-state index in [0.29, 0.717) is 0 Å². The van der Waals surface area contributed by atoms with Crippen molar-refractivity contribution >= 4 is 0 Å². The molecule has 0 radical (unpaired) electrons. The van der Waals surface area contributed by atoms with Gasteiger partial charge in [-0.3, -0.25) is 0 Å². The molecule has 84 valence electrons. The molecule has 5 heteroatoms. The van der Waals surface area contributed by atoms with Gasteiger partial charge in [-0.15, -0.1) is 0 Å². The lowest BCUT2D eigenvalue weighted by atomic mass is 9.85.